The topological polar surface area (TPSA) is 104 Å². The Morgan fingerprint density at radius 2 is 1.90 bits per heavy atom. The second kappa shape index (κ2) is 11.6. The van der Waals surface area contributed by atoms with Crippen molar-refractivity contribution in [1.29, 1.82) is 0 Å². The molecule has 0 saturated carbocycles. The number of hydrogen-bond donors (Lipinski definition) is 0. The predicted octanol–water partition coefficient (Wildman–Crippen LogP) is 4.41. The molecule has 0 radical (unpaired) electrons. The Morgan fingerprint density at radius 3 is 2.65 bits per heavy atom. The van der Waals surface area contributed by atoms with Gasteiger partial charge in [0.15, 0.2) is 12.4 Å². The molecule has 2 aromatic heterocycles. The average molecular weight is 423 g/mol. The second-order valence-electron chi connectivity index (χ2n) is 6.92. The first kappa shape index (κ1) is 22.1. The van der Waals surface area contributed by atoms with Gasteiger partial charge in [-0.05, 0) is 42.8 Å². The number of nitrogens with zero attached hydrogens (tertiary/aromatic N) is 3. The molecule has 0 unspecified atom stereocenters. The molecule has 3 rings (SSSR count). The lowest BCUT2D eigenvalue weighted by molar-refractivity contribution is -0.145. The van der Waals surface area contributed by atoms with E-state index in [0.717, 1.165) is 25.0 Å². The first-order valence-electron chi connectivity index (χ1n) is 10.3. The van der Waals surface area contributed by atoms with Crippen LogP contribution in [0.1, 0.15) is 55.3 Å². The normalized spacial score (nSPS) is 10.6. The molecule has 0 aliphatic heterocycles. The molecule has 3 aromatic rings. The Balaban J connectivity index is 1.39. The highest BCUT2D eigenvalue weighted by molar-refractivity contribution is 5.97. The lowest BCUT2D eigenvalue weighted by Crippen LogP contribution is -2.08. The summed E-state index contributed by atoms with van der Waals surface area (Å²) in [5.74, 6) is 0.633. The van der Waals surface area contributed by atoms with Crippen molar-refractivity contribution < 1.29 is 23.6 Å². The van der Waals surface area contributed by atoms with Gasteiger partial charge < -0.3 is 14.0 Å². The van der Waals surface area contributed by atoms with E-state index >= 15 is 0 Å². The first-order valence-corrected chi connectivity index (χ1v) is 10.3. The molecule has 2 heterocycles. The van der Waals surface area contributed by atoms with Gasteiger partial charge in [0.1, 0.15) is 5.75 Å². The summed E-state index contributed by atoms with van der Waals surface area (Å²) >= 11 is 0. The predicted molar refractivity (Wildman–Crippen MR) is 112 cm³/mol. The summed E-state index contributed by atoms with van der Waals surface area (Å²) in [6.07, 6.45) is 6.55. The fourth-order valence-corrected chi connectivity index (χ4v) is 2.78. The smallest absolute Gasteiger partial charge is 0.306 e. The van der Waals surface area contributed by atoms with Crippen LogP contribution >= 0.6 is 0 Å². The molecular formula is C23H25N3O5. The molecule has 0 bridgehead atoms. The Bertz CT molecular complexity index is 970. The Morgan fingerprint density at radius 1 is 1.06 bits per heavy atom. The lowest BCUT2D eigenvalue weighted by Gasteiger charge is -2.06. The largest absolute Gasteiger partial charge is 0.494 e. The number of carbonyl (C=O) groups is 2. The van der Waals surface area contributed by atoms with E-state index in [1.165, 1.54) is 0 Å². The van der Waals surface area contributed by atoms with Gasteiger partial charge in [-0.1, -0.05) is 24.9 Å². The maximum absolute atomic E-state index is 12.3. The van der Waals surface area contributed by atoms with Gasteiger partial charge in [0.25, 0.3) is 5.89 Å². The van der Waals surface area contributed by atoms with E-state index in [0.29, 0.717) is 23.6 Å². The van der Waals surface area contributed by atoms with Crippen LogP contribution in [0.5, 0.6) is 5.75 Å². The maximum atomic E-state index is 12.3. The summed E-state index contributed by atoms with van der Waals surface area (Å²) in [6.45, 7) is 2.65. The molecule has 0 amide bonds. The van der Waals surface area contributed by atoms with Crippen LogP contribution < -0.4 is 4.74 Å². The summed E-state index contributed by atoms with van der Waals surface area (Å²) < 4.78 is 15.8. The average Bonchev–Trinajstić information content (AvgIpc) is 3.29. The molecule has 0 N–H and O–H groups in total. The van der Waals surface area contributed by atoms with Crippen LogP contribution in [0.25, 0.3) is 11.4 Å². The minimum Gasteiger partial charge on any atom is -0.494 e. The minimum absolute atomic E-state index is 0.0301. The number of esters is 1. The monoisotopic (exact) mass is 423 g/mol. The van der Waals surface area contributed by atoms with Crippen molar-refractivity contribution in [3.05, 3.63) is 60.2 Å². The number of hydrogen-bond acceptors (Lipinski definition) is 8. The Kier molecular flexibility index (Phi) is 8.28. The third-order valence-corrected chi connectivity index (χ3v) is 4.49. The summed E-state index contributed by atoms with van der Waals surface area (Å²) in [4.78, 5) is 32.4. The highest BCUT2D eigenvalue weighted by Gasteiger charge is 2.13. The van der Waals surface area contributed by atoms with Gasteiger partial charge in [-0.2, -0.15) is 4.98 Å². The number of Topliss-reactive ketones (excluding diaryl/α,β-unsaturated/α-hetero) is 1. The van der Waals surface area contributed by atoms with Crippen molar-refractivity contribution in [1.82, 2.24) is 15.1 Å². The number of carbonyl (C=O) groups excluding carboxylic acids is 2. The van der Waals surface area contributed by atoms with Gasteiger partial charge in [-0.15, -0.1) is 0 Å². The highest BCUT2D eigenvalue weighted by atomic mass is 16.6. The molecule has 0 aliphatic carbocycles. The summed E-state index contributed by atoms with van der Waals surface area (Å²) in [5, 5.41) is 3.83. The molecule has 8 heteroatoms. The summed E-state index contributed by atoms with van der Waals surface area (Å²) in [6, 6.07) is 10.5. The van der Waals surface area contributed by atoms with Crippen LogP contribution in [0.3, 0.4) is 0 Å². The van der Waals surface area contributed by atoms with Gasteiger partial charge >= 0.3 is 5.97 Å². The van der Waals surface area contributed by atoms with E-state index < -0.39 is 5.97 Å². The van der Waals surface area contributed by atoms with Crippen molar-refractivity contribution in [2.75, 3.05) is 6.61 Å². The van der Waals surface area contributed by atoms with Crippen LogP contribution in [-0.4, -0.2) is 33.5 Å². The van der Waals surface area contributed by atoms with Crippen LogP contribution in [0, 0.1) is 0 Å². The quantitative estimate of drug-likeness (QED) is 0.240. The zero-order valence-electron chi connectivity index (χ0n) is 17.5. The van der Waals surface area contributed by atoms with Gasteiger partial charge in [-0.3, -0.25) is 14.6 Å². The number of benzene rings is 1. The number of aromatic nitrogens is 3. The van der Waals surface area contributed by atoms with Crippen molar-refractivity contribution in [3.63, 3.8) is 0 Å². The SMILES string of the molecule is CCCCCOc1ccc(C(=O)CCC(=O)OCc2nc(-c3cccnc3)no2)cc1. The number of pyridine rings is 1. The van der Waals surface area contributed by atoms with Crippen LogP contribution in [0.15, 0.2) is 53.3 Å². The zero-order chi connectivity index (χ0) is 21.9. The van der Waals surface area contributed by atoms with E-state index in [9.17, 15) is 9.59 Å². The second-order valence-corrected chi connectivity index (χ2v) is 6.92. The molecule has 1 aromatic carbocycles. The zero-order valence-corrected chi connectivity index (χ0v) is 17.5. The highest BCUT2D eigenvalue weighted by Crippen LogP contribution is 2.16. The van der Waals surface area contributed by atoms with Crippen LogP contribution in [0.4, 0.5) is 0 Å². The van der Waals surface area contributed by atoms with Crippen molar-refractivity contribution in [3.8, 4) is 17.1 Å². The lowest BCUT2D eigenvalue weighted by atomic mass is 10.1. The van der Waals surface area contributed by atoms with E-state index in [4.69, 9.17) is 14.0 Å². The van der Waals surface area contributed by atoms with E-state index in [-0.39, 0.29) is 31.1 Å². The van der Waals surface area contributed by atoms with Crippen molar-refractivity contribution >= 4 is 11.8 Å². The van der Waals surface area contributed by atoms with Crippen molar-refractivity contribution in [2.45, 2.75) is 45.6 Å². The van der Waals surface area contributed by atoms with Crippen LogP contribution in [-0.2, 0) is 16.1 Å². The minimum atomic E-state index is -0.509. The molecule has 31 heavy (non-hydrogen) atoms. The molecule has 8 nitrogen and oxygen atoms in total. The third kappa shape index (κ3) is 7.02. The van der Waals surface area contributed by atoms with Gasteiger partial charge in [0, 0.05) is 29.9 Å². The first-order chi connectivity index (χ1) is 15.2. The number of ketones is 1. The standard InChI is InChI=1S/C23H25N3O5/c1-2-3-4-14-29-19-9-7-17(8-10-19)20(27)11-12-22(28)30-16-21-25-23(26-31-21)18-6-5-13-24-15-18/h5-10,13,15H,2-4,11-12,14,16H2,1H3. The van der Waals surface area contributed by atoms with Gasteiger partial charge in [-0.25, -0.2) is 0 Å². The molecule has 162 valence electrons. The Hall–Kier alpha value is -3.55. The number of unbranched alkanes of at least 4 members (excludes halogenated alkanes) is 2. The van der Waals surface area contributed by atoms with Crippen molar-refractivity contribution in [2.24, 2.45) is 0 Å². The third-order valence-electron chi connectivity index (χ3n) is 4.49. The molecule has 0 atom stereocenters. The van der Waals surface area contributed by atoms with E-state index in [1.807, 2.05) is 0 Å². The number of ether oxygens (including phenoxy) is 2. The fraction of sp³-hybridized carbons (Fsp3) is 0.348. The number of rotatable bonds is 12. The summed E-state index contributed by atoms with van der Waals surface area (Å²) in [7, 11) is 0. The molecular weight excluding hydrogens is 398 g/mol. The molecule has 0 fully saturated rings. The van der Waals surface area contributed by atoms with Gasteiger partial charge in [0.05, 0.1) is 13.0 Å². The maximum Gasteiger partial charge on any atom is 0.306 e. The Labute approximate surface area is 180 Å². The molecule has 0 saturated heterocycles. The van der Waals surface area contributed by atoms with Gasteiger partial charge in [0.2, 0.25) is 5.82 Å². The molecule has 0 spiro atoms. The van der Waals surface area contributed by atoms with Crippen LogP contribution in [0.2, 0.25) is 0 Å². The summed E-state index contributed by atoms with van der Waals surface area (Å²) in [5.41, 5.74) is 1.23. The van der Waals surface area contributed by atoms with E-state index in [1.54, 1.807) is 48.8 Å². The van der Waals surface area contributed by atoms with E-state index in [2.05, 4.69) is 22.0 Å². The molecule has 0 aliphatic rings. The fourth-order valence-electron chi connectivity index (χ4n) is 2.78.